The van der Waals surface area contributed by atoms with Gasteiger partial charge in [0.05, 0.1) is 11.2 Å². The average molecular weight is 298 g/mol. The first-order valence-electron chi connectivity index (χ1n) is 8.12. The van der Waals surface area contributed by atoms with E-state index in [1.807, 2.05) is 0 Å². The largest absolute Gasteiger partial charge is 0.368 e. The molecule has 22 heavy (non-hydrogen) atoms. The van der Waals surface area contributed by atoms with Crippen LogP contribution in [0.25, 0.3) is 10.9 Å². The van der Waals surface area contributed by atoms with E-state index in [1.165, 1.54) is 11.1 Å². The lowest BCUT2D eigenvalue weighted by Gasteiger charge is -2.31. The Bertz CT molecular complexity index is 639. The molecule has 1 aliphatic rings. The molecule has 0 unspecified atom stereocenters. The van der Waals surface area contributed by atoms with Gasteiger partial charge >= 0.3 is 0 Å². The van der Waals surface area contributed by atoms with E-state index in [-0.39, 0.29) is 5.54 Å². The highest BCUT2D eigenvalue weighted by molar-refractivity contribution is 5.92. The molecule has 1 aromatic heterocycles. The van der Waals surface area contributed by atoms with Crippen molar-refractivity contribution in [2.24, 2.45) is 0 Å². The summed E-state index contributed by atoms with van der Waals surface area (Å²) in [6.45, 7) is 11.6. The Morgan fingerprint density at radius 3 is 2.64 bits per heavy atom. The lowest BCUT2D eigenvalue weighted by molar-refractivity contribution is 0.421. The maximum absolute atomic E-state index is 4.83. The third kappa shape index (κ3) is 3.57. The van der Waals surface area contributed by atoms with Gasteiger partial charge in [-0.15, -0.1) is 0 Å². The maximum atomic E-state index is 4.83. The molecule has 3 rings (SSSR count). The molecule has 2 aromatic rings. The first-order chi connectivity index (χ1) is 10.5. The van der Waals surface area contributed by atoms with Gasteiger partial charge in [0.15, 0.2) is 0 Å². The summed E-state index contributed by atoms with van der Waals surface area (Å²) in [5, 5.41) is 8.22. The van der Waals surface area contributed by atoms with Gasteiger partial charge in [-0.05, 0) is 32.9 Å². The van der Waals surface area contributed by atoms with Crippen LogP contribution in [0, 0.1) is 0 Å². The summed E-state index contributed by atoms with van der Waals surface area (Å²) in [6, 6.07) is 10.7. The fourth-order valence-corrected chi connectivity index (χ4v) is 2.82. The standard InChI is InChI=1S/C18H26N4/c1-18(2,3)20-13-14-12-17(22-10-8-19-9-11-22)15-6-4-5-7-16(15)21-14/h4-7,12,19-20H,8-11,13H2,1-3H3. The maximum Gasteiger partial charge on any atom is 0.0726 e. The van der Waals surface area contributed by atoms with Crippen molar-refractivity contribution in [1.29, 1.82) is 0 Å². The Labute approximate surface area is 132 Å². The Hall–Kier alpha value is -1.65. The van der Waals surface area contributed by atoms with Crippen molar-refractivity contribution >= 4 is 16.6 Å². The number of piperazine rings is 1. The van der Waals surface area contributed by atoms with E-state index < -0.39 is 0 Å². The number of fused-ring (bicyclic) bond motifs is 1. The van der Waals surface area contributed by atoms with Crippen molar-refractivity contribution in [3.63, 3.8) is 0 Å². The van der Waals surface area contributed by atoms with E-state index in [0.29, 0.717) is 0 Å². The van der Waals surface area contributed by atoms with Crippen molar-refractivity contribution in [3.05, 3.63) is 36.0 Å². The molecule has 0 atom stereocenters. The lowest BCUT2D eigenvalue weighted by atomic mass is 10.1. The summed E-state index contributed by atoms with van der Waals surface area (Å²) in [5.74, 6) is 0. The SMILES string of the molecule is CC(C)(C)NCc1cc(N2CCNCC2)c2ccccc2n1. The Kier molecular flexibility index (Phi) is 4.32. The average Bonchev–Trinajstić information content (AvgIpc) is 2.52. The van der Waals surface area contributed by atoms with Crippen molar-refractivity contribution in [2.45, 2.75) is 32.9 Å². The highest BCUT2D eigenvalue weighted by atomic mass is 15.2. The molecule has 0 spiro atoms. The molecule has 0 bridgehead atoms. The Balaban J connectivity index is 1.96. The highest BCUT2D eigenvalue weighted by Gasteiger charge is 2.16. The van der Waals surface area contributed by atoms with Gasteiger partial charge in [-0.25, -0.2) is 0 Å². The van der Waals surface area contributed by atoms with Gasteiger partial charge in [-0.1, -0.05) is 18.2 Å². The molecule has 1 aliphatic heterocycles. The zero-order valence-electron chi connectivity index (χ0n) is 13.8. The summed E-state index contributed by atoms with van der Waals surface area (Å²) in [6.07, 6.45) is 0. The van der Waals surface area contributed by atoms with Gasteiger partial charge in [0.25, 0.3) is 0 Å². The van der Waals surface area contributed by atoms with E-state index in [9.17, 15) is 0 Å². The number of hydrogen-bond donors (Lipinski definition) is 2. The minimum absolute atomic E-state index is 0.0997. The molecule has 1 saturated heterocycles. The summed E-state index contributed by atoms with van der Waals surface area (Å²) in [7, 11) is 0. The van der Waals surface area contributed by atoms with Crippen molar-refractivity contribution in [2.75, 3.05) is 31.1 Å². The summed E-state index contributed by atoms with van der Waals surface area (Å²) >= 11 is 0. The van der Waals surface area contributed by atoms with E-state index in [1.54, 1.807) is 0 Å². The van der Waals surface area contributed by atoms with Crippen LogP contribution in [0.15, 0.2) is 30.3 Å². The second kappa shape index (κ2) is 6.23. The Morgan fingerprint density at radius 2 is 1.91 bits per heavy atom. The summed E-state index contributed by atoms with van der Waals surface area (Å²) in [4.78, 5) is 7.30. The van der Waals surface area contributed by atoms with Gasteiger partial charge < -0.3 is 15.5 Å². The summed E-state index contributed by atoms with van der Waals surface area (Å²) < 4.78 is 0. The van der Waals surface area contributed by atoms with Crippen LogP contribution in [0.1, 0.15) is 26.5 Å². The second-order valence-corrected chi connectivity index (χ2v) is 6.99. The first kappa shape index (κ1) is 15.3. The number of pyridine rings is 1. The topological polar surface area (TPSA) is 40.2 Å². The molecule has 4 nitrogen and oxygen atoms in total. The summed E-state index contributed by atoms with van der Waals surface area (Å²) in [5.41, 5.74) is 3.62. The number of nitrogens with zero attached hydrogens (tertiary/aromatic N) is 2. The molecule has 0 saturated carbocycles. The molecular formula is C18H26N4. The fourth-order valence-electron chi connectivity index (χ4n) is 2.82. The van der Waals surface area contributed by atoms with Gasteiger partial charge in [-0.2, -0.15) is 0 Å². The van der Waals surface area contributed by atoms with Crippen molar-refractivity contribution in [3.8, 4) is 0 Å². The molecule has 0 aliphatic carbocycles. The van der Waals surface area contributed by atoms with Crippen LogP contribution in [0.4, 0.5) is 5.69 Å². The predicted molar refractivity (Wildman–Crippen MR) is 93.4 cm³/mol. The van der Waals surface area contributed by atoms with Crippen LogP contribution >= 0.6 is 0 Å². The zero-order valence-corrected chi connectivity index (χ0v) is 13.8. The molecule has 0 radical (unpaired) electrons. The molecule has 2 N–H and O–H groups in total. The second-order valence-electron chi connectivity index (χ2n) is 6.99. The lowest BCUT2D eigenvalue weighted by Crippen LogP contribution is -2.43. The number of benzene rings is 1. The number of aromatic nitrogens is 1. The molecule has 2 heterocycles. The van der Waals surface area contributed by atoms with Crippen molar-refractivity contribution in [1.82, 2.24) is 15.6 Å². The molecule has 4 heteroatoms. The van der Waals surface area contributed by atoms with E-state index >= 15 is 0 Å². The minimum atomic E-state index is 0.0997. The van der Waals surface area contributed by atoms with E-state index in [2.05, 4.69) is 66.6 Å². The van der Waals surface area contributed by atoms with Crippen LogP contribution in [-0.4, -0.2) is 36.7 Å². The third-order valence-corrected chi connectivity index (χ3v) is 4.00. The zero-order chi connectivity index (χ0) is 15.6. The monoisotopic (exact) mass is 298 g/mol. The van der Waals surface area contributed by atoms with Crippen molar-refractivity contribution < 1.29 is 0 Å². The van der Waals surface area contributed by atoms with Crippen LogP contribution in [0.5, 0.6) is 0 Å². The normalized spacial score (nSPS) is 16.2. The third-order valence-electron chi connectivity index (χ3n) is 4.00. The molecule has 118 valence electrons. The van der Waals surface area contributed by atoms with Crippen LogP contribution < -0.4 is 15.5 Å². The smallest absolute Gasteiger partial charge is 0.0726 e. The van der Waals surface area contributed by atoms with Gasteiger partial charge in [0, 0.05) is 49.3 Å². The number of rotatable bonds is 3. The first-order valence-corrected chi connectivity index (χ1v) is 8.12. The van der Waals surface area contributed by atoms with E-state index in [0.717, 1.165) is 43.9 Å². The quantitative estimate of drug-likeness (QED) is 0.913. The highest BCUT2D eigenvalue weighted by Crippen LogP contribution is 2.27. The van der Waals surface area contributed by atoms with Crippen LogP contribution in [0.3, 0.4) is 0 Å². The molecule has 1 aromatic carbocycles. The van der Waals surface area contributed by atoms with Gasteiger partial charge in [-0.3, -0.25) is 4.98 Å². The number of hydrogen-bond acceptors (Lipinski definition) is 4. The number of para-hydroxylation sites is 1. The minimum Gasteiger partial charge on any atom is -0.368 e. The predicted octanol–water partition coefficient (Wildman–Crippen LogP) is 2.53. The number of anilines is 1. The van der Waals surface area contributed by atoms with Gasteiger partial charge in [0.2, 0.25) is 0 Å². The van der Waals surface area contributed by atoms with Crippen LogP contribution in [-0.2, 0) is 6.54 Å². The fraction of sp³-hybridized carbons (Fsp3) is 0.500. The van der Waals surface area contributed by atoms with E-state index in [4.69, 9.17) is 4.98 Å². The molecular weight excluding hydrogens is 272 g/mol. The van der Waals surface area contributed by atoms with Crippen LogP contribution in [0.2, 0.25) is 0 Å². The Morgan fingerprint density at radius 1 is 1.18 bits per heavy atom. The van der Waals surface area contributed by atoms with Gasteiger partial charge in [0.1, 0.15) is 0 Å². The molecule has 1 fully saturated rings. The molecule has 0 amide bonds. The number of nitrogens with one attached hydrogen (secondary N) is 2.